The minimum absolute atomic E-state index is 0. The normalized spacial score (nSPS) is 21.6. The predicted octanol–water partition coefficient (Wildman–Crippen LogP) is 3.37. The number of hydrogen-bond acceptors (Lipinski definition) is 3. The van der Waals surface area contributed by atoms with E-state index in [1.807, 2.05) is 7.05 Å². The van der Waals surface area contributed by atoms with Crippen molar-refractivity contribution in [1.82, 2.24) is 25.3 Å². The van der Waals surface area contributed by atoms with Crippen LogP contribution in [-0.2, 0) is 19.4 Å². The number of likely N-dealkylation sites (tertiary alicyclic amines) is 1. The van der Waals surface area contributed by atoms with Crippen LogP contribution in [0, 0.1) is 5.92 Å². The molecule has 30 heavy (non-hydrogen) atoms. The van der Waals surface area contributed by atoms with E-state index in [0.717, 1.165) is 43.3 Å². The van der Waals surface area contributed by atoms with Gasteiger partial charge in [0.25, 0.3) is 0 Å². The second-order valence-electron chi connectivity index (χ2n) is 8.67. The highest BCUT2D eigenvalue weighted by molar-refractivity contribution is 14.0. The minimum atomic E-state index is 0. The maximum atomic E-state index is 4.95. The van der Waals surface area contributed by atoms with Gasteiger partial charge in [-0.25, -0.2) is 4.68 Å². The van der Waals surface area contributed by atoms with Crippen molar-refractivity contribution in [2.24, 2.45) is 10.9 Å². The van der Waals surface area contributed by atoms with Gasteiger partial charge in [-0.1, -0.05) is 25.1 Å². The molecule has 1 fully saturated rings. The molecule has 7 heteroatoms. The highest BCUT2D eigenvalue weighted by Gasteiger charge is 2.31. The third-order valence-electron chi connectivity index (χ3n) is 6.35. The summed E-state index contributed by atoms with van der Waals surface area (Å²) in [7, 11) is 1.85. The molecule has 0 bridgehead atoms. The second-order valence-corrected chi connectivity index (χ2v) is 8.67. The minimum Gasteiger partial charge on any atom is -0.352 e. The molecule has 1 aliphatic heterocycles. The Morgan fingerprint density at radius 2 is 1.97 bits per heavy atom. The van der Waals surface area contributed by atoms with Crippen molar-refractivity contribution in [3.05, 3.63) is 47.3 Å². The van der Waals surface area contributed by atoms with E-state index in [4.69, 9.17) is 5.10 Å². The van der Waals surface area contributed by atoms with E-state index in [1.165, 1.54) is 17.7 Å². The molecular formula is C23H35IN6. The maximum Gasteiger partial charge on any atom is 0.191 e. The first-order chi connectivity index (χ1) is 14.1. The lowest BCUT2D eigenvalue weighted by atomic mass is 10.1. The van der Waals surface area contributed by atoms with Gasteiger partial charge in [0.05, 0.1) is 17.9 Å². The Bertz CT molecular complexity index is 860. The van der Waals surface area contributed by atoms with Crippen molar-refractivity contribution in [3.8, 4) is 5.69 Å². The average Bonchev–Trinajstić information content (AvgIpc) is 3.42. The summed E-state index contributed by atoms with van der Waals surface area (Å²) in [5, 5.41) is 12.1. The van der Waals surface area contributed by atoms with E-state index < -0.39 is 0 Å². The summed E-state index contributed by atoms with van der Waals surface area (Å²) < 4.78 is 2.13. The van der Waals surface area contributed by atoms with E-state index in [1.54, 1.807) is 0 Å². The summed E-state index contributed by atoms with van der Waals surface area (Å²) in [6.07, 6.45) is 3.44. The van der Waals surface area contributed by atoms with Gasteiger partial charge >= 0.3 is 0 Å². The predicted molar refractivity (Wildman–Crippen MR) is 134 cm³/mol. The fraction of sp³-hybridized carbons (Fsp3) is 0.565. The van der Waals surface area contributed by atoms with Crippen LogP contribution in [-0.4, -0.2) is 52.9 Å². The summed E-state index contributed by atoms with van der Waals surface area (Å²) >= 11 is 0. The SMILES string of the molecule is CN=C(NCc1nn(-c2ccccc2)c2c1CCC2)NC1CN(C(C)C)CC1C.I. The number of halogens is 1. The first-order valence-electron chi connectivity index (χ1n) is 10.9. The summed E-state index contributed by atoms with van der Waals surface area (Å²) in [4.78, 5) is 7.00. The van der Waals surface area contributed by atoms with Gasteiger partial charge in [0, 0.05) is 37.9 Å². The highest BCUT2D eigenvalue weighted by Crippen LogP contribution is 2.27. The van der Waals surface area contributed by atoms with Crippen molar-refractivity contribution < 1.29 is 0 Å². The van der Waals surface area contributed by atoms with Gasteiger partial charge in [-0.2, -0.15) is 5.10 Å². The van der Waals surface area contributed by atoms with E-state index in [9.17, 15) is 0 Å². The van der Waals surface area contributed by atoms with Gasteiger partial charge < -0.3 is 10.6 Å². The van der Waals surface area contributed by atoms with Crippen molar-refractivity contribution in [3.63, 3.8) is 0 Å². The quantitative estimate of drug-likeness (QED) is 0.359. The molecule has 1 saturated heterocycles. The molecule has 2 unspecified atom stereocenters. The van der Waals surface area contributed by atoms with Crippen LogP contribution < -0.4 is 10.6 Å². The van der Waals surface area contributed by atoms with Crippen LogP contribution in [0.1, 0.15) is 44.1 Å². The van der Waals surface area contributed by atoms with Gasteiger partial charge in [0.15, 0.2) is 5.96 Å². The zero-order valence-corrected chi connectivity index (χ0v) is 20.9. The summed E-state index contributed by atoms with van der Waals surface area (Å²) in [6.45, 7) is 9.77. The van der Waals surface area contributed by atoms with Crippen molar-refractivity contribution in [1.29, 1.82) is 0 Å². The molecule has 2 N–H and O–H groups in total. The molecule has 1 aliphatic carbocycles. The maximum absolute atomic E-state index is 4.95. The van der Waals surface area contributed by atoms with Gasteiger partial charge in [0.1, 0.15) is 0 Å². The third kappa shape index (κ3) is 4.82. The Labute approximate surface area is 197 Å². The van der Waals surface area contributed by atoms with Gasteiger partial charge in [-0.3, -0.25) is 9.89 Å². The molecule has 1 aromatic heterocycles. The Morgan fingerprint density at radius 3 is 2.63 bits per heavy atom. The van der Waals surface area contributed by atoms with Crippen LogP contribution in [0.25, 0.3) is 5.69 Å². The summed E-state index contributed by atoms with van der Waals surface area (Å²) in [6, 6.07) is 11.5. The molecule has 4 rings (SSSR count). The smallest absolute Gasteiger partial charge is 0.191 e. The van der Waals surface area contributed by atoms with Crippen molar-refractivity contribution in [2.45, 2.75) is 58.7 Å². The van der Waals surface area contributed by atoms with Crippen LogP contribution in [0.2, 0.25) is 0 Å². The first-order valence-corrected chi connectivity index (χ1v) is 10.9. The molecule has 6 nitrogen and oxygen atoms in total. The number of nitrogens with one attached hydrogen (secondary N) is 2. The third-order valence-corrected chi connectivity index (χ3v) is 6.35. The zero-order valence-electron chi connectivity index (χ0n) is 18.6. The molecule has 2 aromatic rings. The lowest BCUT2D eigenvalue weighted by molar-refractivity contribution is 0.265. The fourth-order valence-corrected chi connectivity index (χ4v) is 4.59. The van der Waals surface area contributed by atoms with E-state index >= 15 is 0 Å². The number of benzene rings is 1. The Morgan fingerprint density at radius 1 is 1.20 bits per heavy atom. The molecular weight excluding hydrogens is 487 g/mol. The van der Waals surface area contributed by atoms with Crippen LogP contribution in [0.15, 0.2) is 35.3 Å². The fourth-order valence-electron chi connectivity index (χ4n) is 4.59. The van der Waals surface area contributed by atoms with Gasteiger partial charge in [-0.05, 0) is 56.7 Å². The molecule has 0 spiro atoms. The largest absolute Gasteiger partial charge is 0.352 e. The van der Waals surface area contributed by atoms with Gasteiger partial charge in [-0.15, -0.1) is 24.0 Å². The molecule has 1 aromatic carbocycles. The number of para-hydroxylation sites is 1. The molecule has 2 aliphatic rings. The Hall–Kier alpha value is -1.61. The van der Waals surface area contributed by atoms with E-state index in [2.05, 4.69) is 76.3 Å². The topological polar surface area (TPSA) is 57.5 Å². The average molecular weight is 522 g/mol. The van der Waals surface area contributed by atoms with E-state index in [0.29, 0.717) is 24.5 Å². The number of hydrogen-bond donors (Lipinski definition) is 2. The highest BCUT2D eigenvalue weighted by atomic mass is 127. The van der Waals surface area contributed by atoms with Crippen molar-refractivity contribution >= 4 is 29.9 Å². The van der Waals surface area contributed by atoms with Crippen LogP contribution in [0.5, 0.6) is 0 Å². The van der Waals surface area contributed by atoms with Crippen LogP contribution in [0.4, 0.5) is 0 Å². The zero-order chi connectivity index (χ0) is 20.4. The van der Waals surface area contributed by atoms with Crippen LogP contribution >= 0.6 is 24.0 Å². The molecule has 2 heterocycles. The Kier molecular flexibility index (Phi) is 7.79. The monoisotopic (exact) mass is 522 g/mol. The molecule has 2 atom stereocenters. The lowest BCUT2D eigenvalue weighted by Crippen LogP contribution is -2.46. The first kappa shape index (κ1) is 23.1. The lowest BCUT2D eigenvalue weighted by Gasteiger charge is -2.21. The molecule has 164 valence electrons. The summed E-state index contributed by atoms with van der Waals surface area (Å²) in [5.74, 6) is 1.48. The number of guanidine groups is 1. The standard InChI is InChI=1S/C23H34N6.HI/c1-16(2)28-14-17(3)21(15-28)26-23(24-4)25-13-20-19-11-8-12-22(19)29(27-20)18-9-6-5-7-10-18;/h5-7,9-10,16-17,21H,8,11-15H2,1-4H3,(H2,24,25,26);1H. The number of aliphatic imine (C=N–C) groups is 1. The molecule has 0 amide bonds. The van der Waals surface area contributed by atoms with Crippen molar-refractivity contribution in [2.75, 3.05) is 20.1 Å². The second kappa shape index (κ2) is 10.1. The number of aromatic nitrogens is 2. The van der Waals surface area contributed by atoms with Crippen LogP contribution in [0.3, 0.4) is 0 Å². The number of rotatable bonds is 5. The number of nitrogens with zero attached hydrogens (tertiary/aromatic N) is 4. The summed E-state index contributed by atoms with van der Waals surface area (Å²) in [5.41, 5.74) is 5.07. The molecule has 0 radical (unpaired) electrons. The Balaban J connectivity index is 0.00000256. The van der Waals surface area contributed by atoms with Gasteiger partial charge in [0.2, 0.25) is 0 Å². The van der Waals surface area contributed by atoms with E-state index in [-0.39, 0.29) is 24.0 Å². The number of fused-ring (bicyclic) bond motifs is 1. The molecule has 0 saturated carbocycles.